The van der Waals surface area contributed by atoms with Crippen LogP contribution >= 0.6 is 0 Å². The van der Waals surface area contributed by atoms with Crippen LogP contribution < -0.4 is 5.32 Å². The largest absolute Gasteiger partial charge is 0.310 e. The van der Waals surface area contributed by atoms with Crippen LogP contribution in [-0.2, 0) is 11.2 Å². The second-order valence-electron chi connectivity index (χ2n) is 3.67. The SMILES string of the molecule is CCc1ccnc(NC(=O)C2CC2)c1. The highest BCUT2D eigenvalue weighted by Gasteiger charge is 2.29. The van der Waals surface area contributed by atoms with Gasteiger partial charge >= 0.3 is 0 Å². The lowest BCUT2D eigenvalue weighted by molar-refractivity contribution is -0.117. The fourth-order valence-electron chi connectivity index (χ4n) is 1.34. The minimum Gasteiger partial charge on any atom is -0.310 e. The number of nitrogens with zero attached hydrogens (tertiary/aromatic N) is 1. The van der Waals surface area contributed by atoms with Crippen molar-refractivity contribution in [2.24, 2.45) is 5.92 Å². The molecule has 3 nitrogen and oxygen atoms in total. The minimum atomic E-state index is 0.116. The van der Waals surface area contributed by atoms with Crippen LogP contribution in [0.1, 0.15) is 25.3 Å². The molecule has 1 fully saturated rings. The van der Waals surface area contributed by atoms with E-state index in [0.29, 0.717) is 5.82 Å². The zero-order valence-electron chi connectivity index (χ0n) is 8.29. The van der Waals surface area contributed by atoms with E-state index in [0.717, 1.165) is 19.3 Å². The molecule has 0 saturated heterocycles. The molecule has 0 aliphatic heterocycles. The monoisotopic (exact) mass is 190 g/mol. The van der Waals surface area contributed by atoms with Gasteiger partial charge in [-0.15, -0.1) is 0 Å². The highest BCUT2D eigenvalue weighted by molar-refractivity contribution is 5.93. The molecule has 1 amide bonds. The van der Waals surface area contributed by atoms with E-state index in [9.17, 15) is 4.79 Å². The summed E-state index contributed by atoms with van der Waals surface area (Å²) < 4.78 is 0. The third kappa shape index (κ3) is 2.10. The molecule has 0 unspecified atom stereocenters. The maximum atomic E-state index is 11.4. The highest BCUT2D eigenvalue weighted by atomic mass is 16.2. The molecule has 1 aliphatic carbocycles. The Morgan fingerprint density at radius 2 is 2.43 bits per heavy atom. The van der Waals surface area contributed by atoms with E-state index in [1.165, 1.54) is 5.56 Å². The van der Waals surface area contributed by atoms with Gasteiger partial charge in [-0.1, -0.05) is 6.92 Å². The first kappa shape index (κ1) is 9.19. The van der Waals surface area contributed by atoms with E-state index >= 15 is 0 Å². The van der Waals surface area contributed by atoms with Crippen LogP contribution in [0.5, 0.6) is 0 Å². The molecule has 0 spiro atoms. The summed E-state index contributed by atoms with van der Waals surface area (Å²) in [5.74, 6) is 1.04. The van der Waals surface area contributed by atoms with Crippen molar-refractivity contribution in [3.63, 3.8) is 0 Å². The number of nitrogens with one attached hydrogen (secondary N) is 1. The van der Waals surface area contributed by atoms with Gasteiger partial charge in [0.15, 0.2) is 0 Å². The second-order valence-corrected chi connectivity index (χ2v) is 3.67. The van der Waals surface area contributed by atoms with Crippen molar-refractivity contribution in [1.82, 2.24) is 4.98 Å². The van der Waals surface area contributed by atoms with Gasteiger partial charge in [0.25, 0.3) is 0 Å². The Labute approximate surface area is 83.5 Å². The lowest BCUT2D eigenvalue weighted by atomic mass is 10.2. The van der Waals surface area contributed by atoms with Gasteiger partial charge in [0.2, 0.25) is 5.91 Å². The number of pyridine rings is 1. The highest BCUT2D eigenvalue weighted by Crippen LogP contribution is 2.29. The Morgan fingerprint density at radius 1 is 1.64 bits per heavy atom. The Morgan fingerprint density at radius 3 is 3.07 bits per heavy atom. The van der Waals surface area contributed by atoms with Crippen molar-refractivity contribution < 1.29 is 4.79 Å². The molecule has 1 aliphatic rings. The van der Waals surface area contributed by atoms with Gasteiger partial charge < -0.3 is 5.32 Å². The standard InChI is InChI=1S/C11H14N2O/c1-2-8-5-6-12-10(7-8)13-11(14)9-3-4-9/h5-7,9H,2-4H2,1H3,(H,12,13,14). The lowest BCUT2D eigenvalue weighted by Crippen LogP contribution is -2.14. The van der Waals surface area contributed by atoms with Crippen molar-refractivity contribution in [3.8, 4) is 0 Å². The lowest BCUT2D eigenvalue weighted by Gasteiger charge is -2.04. The molecule has 1 saturated carbocycles. The smallest absolute Gasteiger partial charge is 0.228 e. The van der Waals surface area contributed by atoms with E-state index in [1.807, 2.05) is 12.1 Å². The Hall–Kier alpha value is -1.38. The number of rotatable bonds is 3. The van der Waals surface area contributed by atoms with Crippen LogP contribution in [-0.4, -0.2) is 10.9 Å². The van der Waals surface area contributed by atoms with Crippen LogP contribution in [0.15, 0.2) is 18.3 Å². The predicted molar refractivity (Wildman–Crippen MR) is 55.0 cm³/mol. The zero-order valence-corrected chi connectivity index (χ0v) is 8.29. The minimum absolute atomic E-state index is 0.116. The normalized spacial score (nSPS) is 15.2. The number of carbonyl (C=O) groups is 1. The molecule has 3 heteroatoms. The number of anilines is 1. The molecule has 1 aromatic heterocycles. The van der Waals surface area contributed by atoms with Crippen LogP contribution in [0.3, 0.4) is 0 Å². The van der Waals surface area contributed by atoms with E-state index in [4.69, 9.17) is 0 Å². The first-order valence-corrected chi connectivity index (χ1v) is 5.05. The average Bonchev–Trinajstić information content (AvgIpc) is 3.01. The molecule has 0 aromatic carbocycles. The zero-order chi connectivity index (χ0) is 9.97. The molecular formula is C11H14N2O. The molecule has 1 N–H and O–H groups in total. The maximum absolute atomic E-state index is 11.4. The van der Waals surface area contributed by atoms with Crippen LogP contribution in [0.25, 0.3) is 0 Å². The average molecular weight is 190 g/mol. The number of aryl methyl sites for hydroxylation is 1. The summed E-state index contributed by atoms with van der Waals surface area (Å²) in [6, 6.07) is 3.90. The van der Waals surface area contributed by atoms with Gasteiger partial charge in [-0.05, 0) is 37.0 Å². The molecule has 2 rings (SSSR count). The molecule has 0 radical (unpaired) electrons. The van der Waals surface area contributed by atoms with Gasteiger partial charge in [-0.3, -0.25) is 4.79 Å². The maximum Gasteiger partial charge on any atom is 0.228 e. The fourth-order valence-corrected chi connectivity index (χ4v) is 1.34. The van der Waals surface area contributed by atoms with Crippen molar-refractivity contribution in [1.29, 1.82) is 0 Å². The van der Waals surface area contributed by atoms with Crippen LogP contribution in [0.2, 0.25) is 0 Å². The van der Waals surface area contributed by atoms with Gasteiger partial charge in [0.05, 0.1) is 0 Å². The molecule has 1 heterocycles. The van der Waals surface area contributed by atoms with Crippen molar-refractivity contribution in [2.45, 2.75) is 26.2 Å². The van der Waals surface area contributed by atoms with E-state index in [1.54, 1.807) is 6.20 Å². The summed E-state index contributed by atoms with van der Waals surface area (Å²) in [6.07, 6.45) is 4.76. The summed E-state index contributed by atoms with van der Waals surface area (Å²) in [4.78, 5) is 15.5. The topological polar surface area (TPSA) is 42.0 Å². The number of carbonyl (C=O) groups excluding carboxylic acids is 1. The second kappa shape index (κ2) is 3.78. The third-order valence-electron chi connectivity index (χ3n) is 2.43. The van der Waals surface area contributed by atoms with E-state index < -0.39 is 0 Å². The van der Waals surface area contributed by atoms with Crippen LogP contribution in [0.4, 0.5) is 5.82 Å². The number of amides is 1. The van der Waals surface area contributed by atoms with Gasteiger partial charge in [-0.25, -0.2) is 4.98 Å². The van der Waals surface area contributed by atoms with Gasteiger partial charge in [0.1, 0.15) is 5.82 Å². The first-order valence-electron chi connectivity index (χ1n) is 5.05. The number of aromatic nitrogens is 1. The Kier molecular flexibility index (Phi) is 2.48. The van der Waals surface area contributed by atoms with E-state index in [-0.39, 0.29) is 11.8 Å². The quantitative estimate of drug-likeness (QED) is 0.792. The summed E-state index contributed by atoms with van der Waals surface area (Å²) in [5, 5.41) is 2.83. The molecular weight excluding hydrogens is 176 g/mol. The summed E-state index contributed by atoms with van der Waals surface area (Å²) in [6.45, 7) is 2.09. The van der Waals surface area contributed by atoms with Gasteiger partial charge in [-0.2, -0.15) is 0 Å². The van der Waals surface area contributed by atoms with Crippen molar-refractivity contribution in [2.75, 3.05) is 5.32 Å². The molecule has 14 heavy (non-hydrogen) atoms. The van der Waals surface area contributed by atoms with Crippen LogP contribution in [0, 0.1) is 5.92 Å². The fraction of sp³-hybridized carbons (Fsp3) is 0.455. The predicted octanol–water partition coefficient (Wildman–Crippen LogP) is 1.99. The summed E-state index contributed by atoms with van der Waals surface area (Å²) >= 11 is 0. The summed E-state index contributed by atoms with van der Waals surface area (Å²) in [5.41, 5.74) is 1.20. The molecule has 1 aromatic rings. The van der Waals surface area contributed by atoms with Crippen molar-refractivity contribution >= 4 is 11.7 Å². The summed E-state index contributed by atoms with van der Waals surface area (Å²) in [7, 11) is 0. The Bertz CT molecular complexity index is 345. The Balaban J connectivity index is 2.04. The first-order chi connectivity index (χ1) is 6.79. The molecule has 0 bridgehead atoms. The molecule has 0 atom stereocenters. The number of hydrogen-bond donors (Lipinski definition) is 1. The van der Waals surface area contributed by atoms with Crippen molar-refractivity contribution in [3.05, 3.63) is 23.9 Å². The van der Waals surface area contributed by atoms with Gasteiger partial charge in [0, 0.05) is 12.1 Å². The number of hydrogen-bond acceptors (Lipinski definition) is 2. The molecule has 74 valence electrons. The third-order valence-corrected chi connectivity index (χ3v) is 2.43. The van der Waals surface area contributed by atoms with E-state index in [2.05, 4.69) is 17.2 Å².